The highest BCUT2D eigenvalue weighted by molar-refractivity contribution is 7.87. The van der Waals surface area contributed by atoms with Crippen LogP contribution in [0.15, 0.2) is 0 Å². The van der Waals surface area contributed by atoms with Crippen molar-refractivity contribution < 1.29 is 8.42 Å². The van der Waals surface area contributed by atoms with Gasteiger partial charge in [-0.3, -0.25) is 0 Å². The molecule has 1 aliphatic heterocycles. The van der Waals surface area contributed by atoms with E-state index in [0.717, 1.165) is 12.8 Å². The van der Waals surface area contributed by atoms with Gasteiger partial charge in [-0.25, -0.2) is 0 Å². The molecule has 1 rings (SSSR count). The van der Waals surface area contributed by atoms with Gasteiger partial charge >= 0.3 is 0 Å². The third kappa shape index (κ3) is 3.71. The van der Waals surface area contributed by atoms with Gasteiger partial charge in [-0.1, -0.05) is 0 Å². The molecule has 6 heteroatoms. The van der Waals surface area contributed by atoms with Crippen LogP contribution in [0.5, 0.6) is 0 Å². The molecule has 5 nitrogen and oxygen atoms in total. The zero-order chi connectivity index (χ0) is 11.5. The molecule has 90 valence electrons. The van der Waals surface area contributed by atoms with Crippen molar-refractivity contribution >= 4 is 10.2 Å². The summed E-state index contributed by atoms with van der Waals surface area (Å²) in [7, 11) is -3.27. The number of nitrogens with zero attached hydrogens (tertiary/aromatic N) is 1. The zero-order valence-electron chi connectivity index (χ0n) is 9.44. The molecular formula is C9H21N3O2S. The molecule has 0 aromatic heterocycles. The zero-order valence-corrected chi connectivity index (χ0v) is 10.3. The van der Waals surface area contributed by atoms with Crippen LogP contribution in [0.4, 0.5) is 0 Å². The molecule has 0 amide bonds. The van der Waals surface area contributed by atoms with Crippen LogP contribution in [0, 0.1) is 5.92 Å². The topological polar surface area (TPSA) is 75.4 Å². The van der Waals surface area contributed by atoms with Crippen LogP contribution < -0.4 is 10.5 Å². The highest BCUT2D eigenvalue weighted by atomic mass is 32.2. The summed E-state index contributed by atoms with van der Waals surface area (Å²) < 4.78 is 27.7. The Morgan fingerprint density at radius 2 is 1.93 bits per heavy atom. The molecule has 0 spiro atoms. The number of nitrogens with two attached hydrogens (primary N) is 1. The lowest BCUT2D eigenvalue weighted by molar-refractivity contribution is 0.275. The summed E-state index contributed by atoms with van der Waals surface area (Å²) in [5, 5.41) is 0. The smallest absolute Gasteiger partial charge is 0.279 e. The standard InChI is InChI=1S/C9H21N3O2S/c1-8(2)11-15(13,14)12-5-3-9(7-10)4-6-12/h8-9,11H,3-7,10H2,1-2H3. The minimum atomic E-state index is -3.27. The van der Waals surface area contributed by atoms with Crippen LogP contribution in [-0.2, 0) is 10.2 Å². The van der Waals surface area contributed by atoms with E-state index in [1.165, 1.54) is 4.31 Å². The van der Waals surface area contributed by atoms with Crippen molar-refractivity contribution in [2.24, 2.45) is 11.7 Å². The molecule has 15 heavy (non-hydrogen) atoms. The van der Waals surface area contributed by atoms with Crippen LogP contribution >= 0.6 is 0 Å². The Bertz CT molecular complexity index is 282. The Morgan fingerprint density at radius 1 is 1.40 bits per heavy atom. The molecule has 0 aliphatic carbocycles. The van der Waals surface area contributed by atoms with E-state index in [-0.39, 0.29) is 6.04 Å². The number of hydrogen-bond donors (Lipinski definition) is 2. The van der Waals surface area contributed by atoms with E-state index >= 15 is 0 Å². The van der Waals surface area contributed by atoms with E-state index in [1.807, 2.05) is 13.8 Å². The van der Waals surface area contributed by atoms with E-state index in [9.17, 15) is 8.42 Å². The molecule has 0 aromatic carbocycles. The molecule has 1 aliphatic rings. The maximum absolute atomic E-state index is 11.8. The van der Waals surface area contributed by atoms with Crippen LogP contribution in [0.25, 0.3) is 0 Å². The molecule has 0 unspecified atom stereocenters. The molecule has 0 bridgehead atoms. The van der Waals surface area contributed by atoms with Gasteiger partial charge in [-0.05, 0) is 39.2 Å². The summed E-state index contributed by atoms with van der Waals surface area (Å²) in [6, 6.07) is -0.0535. The van der Waals surface area contributed by atoms with Crippen LogP contribution in [0.2, 0.25) is 0 Å². The van der Waals surface area contributed by atoms with Crippen LogP contribution in [0.1, 0.15) is 26.7 Å². The molecular weight excluding hydrogens is 214 g/mol. The first kappa shape index (κ1) is 12.9. The van der Waals surface area contributed by atoms with Gasteiger partial charge in [0.1, 0.15) is 0 Å². The van der Waals surface area contributed by atoms with Crippen molar-refractivity contribution in [2.45, 2.75) is 32.7 Å². The Morgan fingerprint density at radius 3 is 2.33 bits per heavy atom. The van der Waals surface area contributed by atoms with Crippen molar-refractivity contribution in [3.05, 3.63) is 0 Å². The van der Waals surface area contributed by atoms with Gasteiger partial charge < -0.3 is 5.73 Å². The van der Waals surface area contributed by atoms with E-state index in [1.54, 1.807) is 0 Å². The highest BCUT2D eigenvalue weighted by Gasteiger charge is 2.27. The number of nitrogens with one attached hydrogen (secondary N) is 1. The second kappa shape index (κ2) is 5.25. The van der Waals surface area contributed by atoms with Crippen LogP contribution in [0.3, 0.4) is 0 Å². The highest BCUT2D eigenvalue weighted by Crippen LogP contribution is 2.17. The third-order valence-corrected chi connectivity index (χ3v) is 4.45. The lowest BCUT2D eigenvalue weighted by Crippen LogP contribution is -2.47. The van der Waals surface area contributed by atoms with Gasteiger partial charge in [-0.2, -0.15) is 17.4 Å². The monoisotopic (exact) mass is 235 g/mol. The molecule has 0 saturated carbocycles. The maximum atomic E-state index is 11.8. The SMILES string of the molecule is CC(C)NS(=O)(=O)N1CCC(CN)CC1. The summed E-state index contributed by atoms with van der Waals surface area (Å²) in [4.78, 5) is 0. The quantitative estimate of drug-likeness (QED) is 0.714. The van der Waals surface area contributed by atoms with Crippen molar-refractivity contribution in [1.29, 1.82) is 0 Å². The first-order valence-corrected chi connectivity index (χ1v) is 6.87. The average Bonchev–Trinajstić information content (AvgIpc) is 2.16. The predicted molar refractivity (Wildman–Crippen MR) is 60.5 cm³/mol. The van der Waals surface area contributed by atoms with Gasteiger partial charge in [0, 0.05) is 19.1 Å². The van der Waals surface area contributed by atoms with Gasteiger partial charge in [0.15, 0.2) is 0 Å². The second-order valence-corrected chi connectivity index (χ2v) is 6.06. The minimum Gasteiger partial charge on any atom is -0.330 e. The lowest BCUT2D eigenvalue weighted by Gasteiger charge is -2.31. The fourth-order valence-corrected chi connectivity index (χ4v) is 3.19. The van der Waals surface area contributed by atoms with Gasteiger partial charge in [-0.15, -0.1) is 0 Å². The predicted octanol–water partition coefficient (Wildman–Crippen LogP) is -0.100. The Hall–Kier alpha value is -0.170. The number of piperidine rings is 1. The molecule has 1 fully saturated rings. The van der Waals surface area contributed by atoms with Crippen molar-refractivity contribution in [2.75, 3.05) is 19.6 Å². The summed E-state index contributed by atoms with van der Waals surface area (Å²) >= 11 is 0. The Balaban J connectivity index is 2.52. The normalized spacial score (nSPS) is 21.1. The molecule has 1 heterocycles. The molecule has 0 aromatic rings. The lowest BCUT2D eigenvalue weighted by atomic mass is 9.99. The fraction of sp³-hybridized carbons (Fsp3) is 1.00. The van der Waals surface area contributed by atoms with Crippen molar-refractivity contribution in [3.8, 4) is 0 Å². The average molecular weight is 235 g/mol. The minimum absolute atomic E-state index is 0.0535. The first-order valence-electron chi connectivity index (χ1n) is 5.43. The fourth-order valence-electron chi connectivity index (χ4n) is 1.76. The second-order valence-electron chi connectivity index (χ2n) is 4.36. The van der Waals surface area contributed by atoms with Crippen molar-refractivity contribution in [1.82, 2.24) is 9.03 Å². The van der Waals surface area contributed by atoms with E-state index in [2.05, 4.69) is 4.72 Å². The number of rotatable bonds is 4. The summed E-state index contributed by atoms with van der Waals surface area (Å²) in [5.74, 6) is 0.482. The van der Waals surface area contributed by atoms with Crippen LogP contribution in [-0.4, -0.2) is 38.4 Å². The van der Waals surface area contributed by atoms with Gasteiger partial charge in [0.05, 0.1) is 0 Å². The molecule has 3 N–H and O–H groups in total. The maximum Gasteiger partial charge on any atom is 0.279 e. The third-order valence-electron chi connectivity index (χ3n) is 2.63. The van der Waals surface area contributed by atoms with Crippen molar-refractivity contribution in [3.63, 3.8) is 0 Å². The molecule has 0 atom stereocenters. The largest absolute Gasteiger partial charge is 0.330 e. The number of hydrogen-bond acceptors (Lipinski definition) is 3. The van der Waals surface area contributed by atoms with Gasteiger partial charge in [0.25, 0.3) is 10.2 Å². The molecule has 0 radical (unpaired) electrons. The summed E-state index contributed by atoms with van der Waals surface area (Å²) in [5.41, 5.74) is 5.55. The Kier molecular flexibility index (Phi) is 4.51. The van der Waals surface area contributed by atoms with E-state index in [4.69, 9.17) is 5.73 Å². The summed E-state index contributed by atoms with van der Waals surface area (Å²) in [6.07, 6.45) is 1.74. The van der Waals surface area contributed by atoms with E-state index in [0.29, 0.717) is 25.6 Å². The van der Waals surface area contributed by atoms with E-state index < -0.39 is 10.2 Å². The summed E-state index contributed by atoms with van der Waals surface area (Å²) in [6.45, 7) is 5.48. The first-order chi connectivity index (χ1) is 6.95. The Labute approximate surface area is 92.2 Å². The van der Waals surface area contributed by atoms with Gasteiger partial charge in [0.2, 0.25) is 0 Å². The molecule has 1 saturated heterocycles.